The van der Waals surface area contributed by atoms with Gasteiger partial charge < -0.3 is 14.5 Å². The van der Waals surface area contributed by atoms with Crippen LogP contribution in [0.2, 0.25) is 0 Å². The predicted octanol–water partition coefficient (Wildman–Crippen LogP) is 3.23. The van der Waals surface area contributed by atoms with Gasteiger partial charge in [-0.15, -0.1) is 0 Å². The molecule has 3 heterocycles. The minimum absolute atomic E-state index is 0.0123. The molecule has 0 aliphatic carbocycles. The summed E-state index contributed by atoms with van der Waals surface area (Å²) >= 11 is 0. The first kappa shape index (κ1) is 20.9. The van der Waals surface area contributed by atoms with Gasteiger partial charge in [0.2, 0.25) is 0 Å². The molecule has 1 fully saturated rings. The Balaban J connectivity index is 1.38. The number of piperazine rings is 1. The summed E-state index contributed by atoms with van der Waals surface area (Å²) in [6, 6.07) is 13.3. The highest BCUT2D eigenvalue weighted by Crippen LogP contribution is 2.27. The van der Waals surface area contributed by atoms with Crippen molar-refractivity contribution in [3.8, 4) is 11.4 Å². The quantitative estimate of drug-likeness (QED) is 0.479. The van der Waals surface area contributed by atoms with Crippen LogP contribution in [0, 0.1) is 12.7 Å². The molecule has 1 saturated heterocycles. The lowest BCUT2D eigenvalue weighted by molar-refractivity contribution is 0.0746. The number of carbonyl (C=O) groups is 1. The van der Waals surface area contributed by atoms with Crippen molar-refractivity contribution >= 4 is 22.8 Å². The molecule has 0 atom stereocenters. The molecule has 33 heavy (non-hydrogen) atoms. The van der Waals surface area contributed by atoms with Crippen molar-refractivity contribution < 1.29 is 13.9 Å². The second-order valence-electron chi connectivity index (χ2n) is 7.88. The first-order valence-electron chi connectivity index (χ1n) is 10.7. The lowest BCUT2D eigenvalue weighted by atomic mass is 10.1. The van der Waals surface area contributed by atoms with Gasteiger partial charge in [-0.25, -0.2) is 19.0 Å². The van der Waals surface area contributed by atoms with Crippen molar-refractivity contribution in [2.75, 3.05) is 38.2 Å². The Morgan fingerprint density at radius 1 is 1.03 bits per heavy atom. The second-order valence-corrected chi connectivity index (χ2v) is 7.88. The molecular weight excluding hydrogens is 423 g/mol. The van der Waals surface area contributed by atoms with E-state index in [0.717, 1.165) is 16.9 Å². The zero-order valence-electron chi connectivity index (χ0n) is 18.4. The molecule has 1 aliphatic rings. The van der Waals surface area contributed by atoms with Gasteiger partial charge in [0.25, 0.3) is 5.91 Å². The minimum atomic E-state index is -0.303. The number of amides is 1. The summed E-state index contributed by atoms with van der Waals surface area (Å²) in [6.45, 7) is 4.28. The molecule has 1 aliphatic heterocycles. The van der Waals surface area contributed by atoms with Crippen molar-refractivity contribution in [2.45, 2.75) is 6.92 Å². The van der Waals surface area contributed by atoms with Gasteiger partial charge in [0.05, 0.1) is 24.4 Å². The van der Waals surface area contributed by atoms with E-state index in [1.54, 1.807) is 42.3 Å². The summed E-state index contributed by atoms with van der Waals surface area (Å²) < 4.78 is 20.3. The van der Waals surface area contributed by atoms with E-state index >= 15 is 0 Å². The van der Waals surface area contributed by atoms with E-state index in [9.17, 15) is 9.18 Å². The summed E-state index contributed by atoms with van der Waals surface area (Å²) in [6.07, 6.45) is 1.74. The van der Waals surface area contributed by atoms with E-state index in [4.69, 9.17) is 4.74 Å². The van der Waals surface area contributed by atoms with Crippen LogP contribution in [0.3, 0.4) is 0 Å². The van der Waals surface area contributed by atoms with E-state index < -0.39 is 0 Å². The minimum Gasteiger partial charge on any atom is -0.497 e. The zero-order valence-corrected chi connectivity index (χ0v) is 18.4. The second kappa shape index (κ2) is 8.50. The van der Waals surface area contributed by atoms with Crippen LogP contribution in [0.25, 0.3) is 16.7 Å². The van der Waals surface area contributed by atoms with Gasteiger partial charge in [0.1, 0.15) is 23.2 Å². The third-order valence-corrected chi connectivity index (χ3v) is 5.77. The van der Waals surface area contributed by atoms with E-state index in [1.807, 2.05) is 24.0 Å². The Morgan fingerprint density at radius 2 is 1.79 bits per heavy atom. The third kappa shape index (κ3) is 3.97. The van der Waals surface area contributed by atoms with Crippen LogP contribution in [-0.2, 0) is 0 Å². The number of halogens is 1. The largest absolute Gasteiger partial charge is 0.497 e. The molecule has 168 valence electrons. The SMILES string of the molecule is COc1cccc(C(=O)N2CCN(c3nc(C)nc4c3cnn4-c3ccc(F)cc3)CC2)c1. The van der Waals surface area contributed by atoms with E-state index in [0.29, 0.717) is 49.0 Å². The predicted molar refractivity (Wildman–Crippen MR) is 122 cm³/mol. The molecule has 1 amide bonds. The molecule has 0 spiro atoms. The Labute approximate surface area is 190 Å². The molecule has 0 bridgehead atoms. The average Bonchev–Trinajstić information content (AvgIpc) is 3.27. The molecule has 2 aromatic carbocycles. The fourth-order valence-corrected chi connectivity index (χ4v) is 4.07. The van der Waals surface area contributed by atoms with Crippen molar-refractivity contribution in [1.82, 2.24) is 24.6 Å². The molecule has 0 radical (unpaired) electrons. The van der Waals surface area contributed by atoms with Crippen molar-refractivity contribution in [2.24, 2.45) is 0 Å². The van der Waals surface area contributed by atoms with Gasteiger partial charge in [-0.1, -0.05) is 6.07 Å². The van der Waals surface area contributed by atoms with Crippen LogP contribution >= 0.6 is 0 Å². The summed E-state index contributed by atoms with van der Waals surface area (Å²) in [5, 5.41) is 5.30. The number of hydrogen-bond acceptors (Lipinski definition) is 6. The number of fused-ring (bicyclic) bond motifs is 1. The molecule has 0 N–H and O–H groups in total. The number of hydrogen-bond donors (Lipinski definition) is 0. The van der Waals surface area contributed by atoms with Crippen LogP contribution in [0.15, 0.2) is 54.7 Å². The van der Waals surface area contributed by atoms with Crippen LogP contribution in [-0.4, -0.2) is 63.8 Å². The van der Waals surface area contributed by atoms with Gasteiger partial charge in [-0.05, 0) is 49.4 Å². The Hall–Kier alpha value is -4.01. The number of methoxy groups -OCH3 is 1. The number of carbonyl (C=O) groups excluding carboxylic acids is 1. The summed E-state index contributed by atoms with van der Waals surface area (Å²) in [5.74, 6) is 1.76. The number of aromatic nitrogens is 4. The van der Waals surface area contributed by atoms with Gasteiger partial charge >= 0.3 is 0 Å². The van der Waals surface area contributed by atoms with E-state index in [-0.39, 0.29) is 11.7 Å². The zero-order chi connectivity index (χ0) is 22.9. The number of nitrogens with zero attached hydrogens (tertiary/aromatic N) is 6. The molecule has 0 saturated carbocycles. The van der Waals surface area contributed by atoms with E-state index in [2.05, 4.69) is 20.0 Å². The molecule has 5 rings (SSSR count). The normalized spacial score (nSPS) is 14.0. The van der Waals surface area contributed by atoms with Gasteiger partial charge in [0.15, 0.2) is 5.65 Å². The molecule has 8 nitrogen and oxygen atoms in total. The topological polar surface area (TPSA) is 76.4 Å². The fourth-order valence-electron chi connectivity index (χ4n) is 4.07. The highest BCUT2D eigenvalue weighted by atomic mass is 19.1. The van der Waals surface area contributed by atoms with Gasteiger partial charge in [-0.2, -0.15) is 5.10 Å². The Morgan fingerprint density at radius 3 is 2.52 bits per heavy atom. The standard InChI is InChI=1S/C24H23FN6O2/c1-16-27-22(21-15-26-31(23(21)28-16)19-8-6-18(25)7-9-19)29-10-12-30(13-11-29)24(32)17-4-3-5-20(14-17)33-2/h3-9,14-15H,10-13H2,1-2H3. The number of rotatable bonds is 4. The summed E-state index contributed by atoms with van der Waals surface area (Å²) in [5.41, 5.74) is 2.01. The average molecular weight is 446 g/mol. The fraction of sp³-hybridized carbons (Fsp3) is 0.250. The monoisotopic (exact) mass is 446 g/mol. The maximum Gasteiger partial charge on any atom is 0.254 e. The Bertz CT molecular complexity index is 1310. The van der Waals surface area contributed by atoms with Crippen molar-refractivity contribution in [3.05, 3.63) is 71.9 Å². The van der Waals surface area contributed by atoms with E-state index in [1.165, 1.54) is 12.1 Å². The highest BCUT2D eigenvalue weighted by Gasteiger charge is 2.25. The van der Waals surface area contributed by atoms with Crippen LogP contribution in [0.1, 0.15) is 16.2 Å². The molecule has 2 aromatic heterocycles. The lowest BCUT2D eigenvalue weighted by Gasteiger charge is -2.35. The smallest absolute Gasteiger partial charge is 0.254 e. The van der Waals surface area contributed by atoms with Crippen LogP contribution in [0.5, 0.6) is 5.75 Å². The maximum absolute atomic E-state index is 13.4. The first-order valence-corrected chi connectivity index (χ1v) is 10.7. The van der Waals surface area contributed by atoms with Crippen molar-refractivity contribution in [3.63, 3.8) is 0 Å². The summed E-state index contributed by atoms with van der Waals surface area (Å²) in [7, 11) is 1.59. The third-order valence-electron chi connectivity index (χ3n) is 5.77. The number of anilines is 1. The number of benzene rings is 2. The number of ether oxygens (including phenoxy) is 1. The highest BCUT2D eigenvalue weighted by molar-refractivity contribution is 5.95. The molecule has 4 aromatic rings. The van der Waals surface area contributed by atoms with Crippen molar-refractivity contribution in [1.29, 1.82) is 0 Å². The molecular formula is C24H23FN6O2. The van der Waals surface area contributed by atoms with Crippen LogP contribution < -0.4 is 9.64 Å². The Kier molecular flexibility index (Phi) is 5.37. The van der Waals surface area contributed by atoms with Gasteiger partial charge in [0, 0.05) is 31.7 Å². The molecule has 0 unspecified atom stereocenters. The van der Waals surface area contributed by atoms with Gasteiger partial charge in [-0.3, -0.25) is 4.79 Å². The number of aryl methyl sites for hydroxylation is 1. The maximum atomic E-state index is 13.4. The summed E-state index contributed by atoms with van der Waals surface area (Å²) in [4.78, 5) is 26.2. The molecule has 9 heteroatoms. The first-order chi connectivity index (χ1) is 16.0. The van der Waals surface area contributed by atoms with Crippen LogP contribution in [0.4, 0.5) is 10.2 Å². The lowest BCUT2D eigenvalue weighted by Crippen LogP contribution is -2.49.